The monoisotopic (exact) mass is 412 g/mol. The van der Waals surface area contributed by atoms with Crippen molar-refractivity contribution in [2.24, 2.45) is 5.92 Å². The van der Waals surface area contributed by atoms with Crippen molar-refractivity contribution in [3.8, 4) is 5.75 Å². The summed E-state index contributed by atoms with van der Waals surface area (Å²) < 4.78 is 17.7. The van der Waals surface area contributed by atoms with Gasteiger partial charge in [-0.2, -0.15) is 0 Å². The first-order valence-corrected chi connectivity index (χ1v) is 10.5. The summed E-state index contributed by atoms with van der Waals surface area (Å²) in [5, 5.41) is 0.706. The number of carbonyl (C=O) groups is 1. The summed E-state index contributed by atoms with van der Waals surface area (Å²) in [7, 11) is 0. The van der Waals surface area contributed by atoms with E-state index in [1.54, 1.807) is 0 Å². The molecule has 4 rings (SSSR count). The predicted octanol–water partition coefficient (Wildman–Crippen LogP) is 5.48. The molecule has 0 radical (unpaired) electrons. The van der Waals surface area contributed by atoms with Crippen LogP contribution in [0.5, 0.6) is 5.75 Å². The molecule has 1 aliphatic heterocycles. The first-order valence-electron chi connectivity index (χ1n) is 10.1. The number of halogens is 1. The predicted molar refractivity (Wildman–Crippen MR) is 112 cm³/mol. The van der Waals surface area contributed by atoms with Crippen molar-refractivity contribution in [2.75, 3.05) is 0 Å². The Kier molecular flexibility index (Phi) is 6.22. The Bertz CT molecular complexity index is 890. The highest BCUT2D eigenvalue weighted by molar-refractivity contribution is 6.30. The lowest BCUT2D eigenvalue weighted by Gasteiger charge is -2.37. The van der Waals surface area contributed by atoms with Crippen LogP contribution in [-0.2, 0) is 27.3 Å². The quantitative estimate of drug-likeness (QED) is 0.630. The van der Waals surface area contributed by atoms with Gasteiger partial charge in [0.15, 0.2) is 0 Å². The lowest BCUT2D eigenvalue weighted by Crippen LogP contribution is -2.42. The number of fused-ring (bicyclic) bond motifs is 1. The van der Waals surface area contributed by atoms with Crippen LogP contribution in [0.1, 0.15) is 37.3 Å². The van der Waals surface area contributed by atoms with E-state index in [-0.39, 0.29) is 29.7 Å². The van der Waals surface area contributed by atoms with E-state index in [9.17, 15) is 4.79 Å². The van der Waals surface area contributed by atoms with Gasteiger partial charge in [0, 0.05) is 11.4 Å². The molecule has 2 aliphatic rings. The fourth-order valence-electron chi connectivity index (χ4n) is 3.92. The van der Waals surface area contributed by atoms with E-state index >= 15 is 0 Å². The van der Waals surface area contributed by atoms with Crippen LogP contribution in [0.15, 0.2) is 60.6 Å². The lowest BCUT2D eigenvalue weighted by molar-refractivity contribution is -0.134. The normalized spacial score (nSPS) is 23.7. The fourth-order valence-corrected chi connectivity index (χ4v) is 4.13. The average Bonchev–Trinajstić information content (AvgIpc) is 2.75. The molecule has 2 aromatic carbocycles. The van der Waals surface area contributed by atoms with Gasteiger partial charge in [-0.25, -0.2) is 0 Å². The van der Waals surface area contributed by atoms with Crippen LogP contribution in [0.2, 0.25) is 5.02 Å². The molecule has 4 nitrogen and oxygen atoms in total. The Hall–Kier alpha value is -2.30. The lowest BCUT2D eigenvalue weighted by atomic mass is 9.80. The van der Waals surface area contributed by atoms with Gasteiger partial charge in [-0.3, -0.25) is 4.79 Å². The molecule has 0 aromatic heterocycles. The van der Waals surface area contributed by atoms with E-state index < -0.39 is 0 Å². The van der Waals surface area contributed by atoms with Gasteiger partial charge in [-0.15, -0.1) is 0 Å². The molecule has 0 spiro atoms. The number of hydrogen-bond acceptors (Lipinski definition) is 4. The van der Waals surface area contributed by atoms with Gasteiger partial charge in [0.25, 0.3) is 0 Å². The summed E-state index contributed by atoms with van der Waals surface area (Å²) in [5.74, 6) is 0.793. The maximum absolute atomic E-state index is 12.9. The van der Waals surface area contributed by atoms with E-state index in [4.69, 9.17) is 25.8 Å². The van der Waals surface area contributed by atoms with Crippen molar-refractivity contribution in [1.29, 1.82) is 0 Å². The molecule has 3 unspecified atom stereocenters. The summed E-state index contributed by atoms with van der Waals surface area (Å²) in [5.41, 5.74) is 2.28. The van der Waals surface area contributed by atoms with Crippen LogP contribution < -0.4 is 4.74 Å². The highest BCUT2D eigenvalue weighted by Gasteiger charge is 2.41. The van der Waals surface area contributed by atoms with Gasteiger partial charge < -0.3 is 14.2 Å². The summed E-state index contributed by atoms with van der Waals surface area (Å²) in [6.45, 7) is 2.61. The first kappa shape index (κ1) is 20.0. The molecule has 2 aromatic rings. The largest absolute Gasteiger partial charge is 0.493 e. The van der Waals surface area contributed by atoms with Gasteiger partial charge in [-0.1, -0.05) is 42.8 Å². The number of aryl methyl sites for hydroxylation is 1. The molecule has 1 aliphatic carbocycles. The van der Waals surface area contributed by atoms with Crippen molar-refractivity contribution in [2.45, 2.75) is 51.4 Å². The van der Waals surface area contributed by atoms with E-state index in [0.717, 1.165) is 24.8 Å². The third kappa shape index (κ3) is 4.82. The number of hydrogen-bond donors (Lipinski definition) is 0. The average molecular weight is 413 g/mol. The Morgan fingerprint density at radius 3 is 2.69 bits per heavy atom. The number of benzene rings is 2. The second-order valence-corrected chi connectivity index (χ2v) is 8.04. The Morgan fingerprint density at radius 1 is 1.10 bits per heavy atom. The van der Waals surface area contributed by atoms with Crippen LogP contribution in [0.4, 0.5) is 0 Å². The zero-order chi connectivity index (χ0) is 20.2. The molecule has 0 bridgehead atoms. The molecule has 1 saturated carbocycles. The van der Waals surface area contributed by atoms with Gasteiger partial charge in [0.1, 0.15) is 18.1 Å². The second-order valence-electron chi connectivity index (χ2n) is 7.60. The van der Waals surface area contributed by atoms with E-state index in [0.29, 0.717) is 23.8 Å². The van der Waals surface area contributed by atoms with Crippen LogP contribution in [-0.4, -0.2) is 18.0 Å². The highest BCUT2D eigenvalue weighted by Crippen LogP contribution is 2.35. The third-order valence-electron chi connectivity index (χ3n) is 5.61. The molecule has 152 valence electrons. The van der Waals surface area contributed by atoms with E-state index in [1.807, 2.05) is 48.5 Å². The maximum Gasteiger partial charge on any atom is 0.207 e. The molecule has 1 heterocycles. The molecule has 3 atom stereocenters. The van der Waals surface area contributed by atoms with Gasteiger partial charge in [0.05, 0.1) is 18.6 Å². The van der Waals surface area contributed by atoms with Crippen molar-refractivity contribution >= 4 is 17.4 Å². The zero-order valence-corrected chi connectivity index (χ0v) is 17.2. The molecular formula is C24H25ClO4. The van der Waals surface area contributed by atoms with Gasteiger partial charge in [-0.05, 0) is 54.7 Å². The number of ether oxygens (including phenoxy) is 3. The Labute approximate surface area is 176 Å². The fraction of sp³-hybridized carbons (Fsp3) is 0.375. The second kappa shape index (κ2) is 9.02. The molecule has 5 heteroatoms. The van der Waals surface area contributed by atoms with Gasteiger partial charge >= 0.3 is 0 Å². The van der Waals surface area contributed by atoms with Crippen molar-refractivity contribution in [3.05, 3.63) is 76.7 Å². The molecule has 0 saturated heterocycles. The number of allylic oxidation sites excluding steroid dienone is 1. The summed E-state index contributed by atoms with van der Waals surface area (Å²) >= 11 is 6.03. The molecule has 0 amide bonds. The van der Waals surface area contributed by atoms with Gasteiger partial charge in [0.2, 0.25) is 11.5 Å². The molecule has 1 fully saturated rings. The number of carbonyl (C=O) groups excluding carboxylic acids is 1. The van der Waals surface area contributed by atoms with Crippen molar-refractivity contribution in [3.63, 3.8) is 0 Å². The molecular weight excluding hydrogens is 388 g/mol. The first-order chi connectivity index (χ1) is 14.1. The maximum atomic E-state index is 12.9. The van der Waals surface area contributed by atoms with E-state index in [1.165, 1.54) is 11.8 Å². The Morgan fingerprint density at radius 2 is 1.93 bits per heavy atom. The topological polar surface area (TPSA) is 44.8 Å². The van der Waals surface area contributed by atoms with E-state index in [2.05, 4.69) is 6.92 Å². The summed E-state index contributed by atoms with van der Waals surface area (Å²) in [6.07, 6.45) is 4.61. The highest BCUT2D eigenvalue weighted by atomic mass is 35.5. The number of rotatable bonds is 6. The van der Waals surface area contributed by atoms with Crippen LogP contribution in [0, 0.1) is 5.92 Å². The summed E-state index contributed by atoms with van der Waals surface area (Å²) in [4.78, 5) is 12.9. The van der Waals surface area contributed by atoms with Crippen LogP contribution in [0.25, 0.3) is 0 Å². The summed E-state index contributed by atoms with van der Waals surface area (Å²) in [6, 6.07) is 15.5. The number of Topliss-reactive ketones (excluding diaryl/α,β-unsaturated/α-hetero) is 1. The SMILES string of the molecule is CCc1ccc(OC2=COC3CC(OCc4cccc(Cl)c4)CCC3C2=O)cc1. The molecule has 0 N–H and O–H groups in total. The van der Waals surface area contributed by atoms with Crippen LogP contribution in [0.3, 0.4) is 0 Å². The minimum absolute atomic E-state index is 0.0223. The standard InChI is InChI=1S/C24H25ClO4/c1-2-16-6-8-19(9-7-16)29-23-15-28-22-13-20(10-11-21(22)24(23)26)27-14-17-4-3-5-18(25)12-17/h3-9,12,15,20-22H,2,10-11,13-14H2,1H3. The van der Waals surface area contributed by atoms with Crippen molar-refractivity contribution < 1.29 is 19.0 Å². The molecule has 29 heavy (non-hydrogen) atoms. The smallest absolute Gasteiger partial charge is 0.207 e. The van der Waals surface area contributed by atoms with Crippen molar-refractivity contribution in [1.82, 2.24) is 0 Å². The van der Waals surface area contributed by atoms with Crippen LogP contribution >= 0.6 is 11.6 Å². The zero-order valence-electron chi connectivity index (χ0n) is 16.5. The third-order valence-corrected chi connectivity index (χ3v) is 5.84. The Balaban J connectivity index is 1.34. The minimum atomic E-state index is -0.170. The number of ketones is 1. The minimum Gasteiger partial charge on any atom is -0.493 e.